The maximum atomic E-state index is 12.1. The number of hydrogen-bond acceptors (Lipinski definition) is 5. The molecular formula is C22H26N4OS. The minimum Gasteiger partial charge on any atom is -0.299 e. The zero-order valence-corrected chi connectivity index (χ0v) is 17.8. The van der Waals surface area contributed by atoms with Crippen molar-refractivity contribution >= 4 is 17.1 Å². The Kier molecular flexibility index (Phi) is 5.15. The fourth-order valence-corrected chi connectivity index (χ4v) is 4.97. The van der Waals surface area contributed by atoms with E-state index < -0.39 is 0 Å². The molecule has 0 N–H and O–H groups in total. The molecule has 0 saturated heterocycles. The Labute approximate surface area is 169 Å². The van der Waals surface area contributed by atoms with Crippen LogP contribution in [0.5, 0.6) is 0 Å². The number of ketones is 1. The molecule has 0 saturated carbocycles. The van der Waals surface area contributed by atoms with Crippen LogP contribution in [0.4, 0.5) is 0 Å². The van der Waals surface area contributed by atoms with Crippen LogP contribution < -0.4 is 0 Å². The number of carbonyl (C=O) groups is 1. The number of hydrogen-bond donors (Lipinski definition) is 0. The summed E-state index contributed by atoms with van der Waals surface area (Å²) in [6.07, 6.45) is 5.71. The lowest BCUT2D eigenvalue weighted by atomic mass is 9.95. The van der Waals surface area contributed by atoms with Crippen LogP contribution in [0, 0.1) is 6.92 Å². The van der Waals surface area contributed by atoms with E-state index in [1.54, 1.807) is 11.3 Å². The highest BCUT2D eigenvalue weighted by Gasteiger charge is 2.30. The van der Waals surface area contributed by atoms with Gasteiger partial charge in [-0.2, -0.15) is 5.10 Å². The maximum Gasteiger partial charge on any atom is 0.139 e. The SMILES string of the molecule is CCCC(=O)Cc1nc2c(s1)-c1c(c(-c3ccc(C)nc3)nn1C(C)C)CC2. The van der Waals surface area contributed by atoms with Crippen molar-refractivity contribution in [1.82, 2.24) is 19.7 Å². The minimum absolute atomic E-state index is 0.249. The van der Waals surface area contributed by atoms with Gasteiger partial charge in [-0.3, -0.25) is 14.5 Å². The van der Waals surface area contributed by atoms with Gasteiger partial charge in [0.05, 0.1) is 28.4 Å². The molecular weight excluding hydrogens is 368 g/mol. The van der Waals surface area contributed by atoms with E-state index in [-0.39, 0.29) is 11.8 Å². The van der Waals surface area contributed by atoms with Gasteiger partial charge < -0.3 is 0 Å². The van der Waals surface area contributed by atoms with Gasteiger partial charge in [-0.1, -0.05) is 6.92 Å². The summed E-state index contributed by atoms with van der Waals surface area (Å²) in [5.41, 5.74) is 6.67. The smallest absolute Gasteiger partial charge is 0.139 e. The Bertz CT molecular complexity index is 1010. The highest BCUT2D eigenvalue weighted by atomic mass is 32.1. The third-order valence-corrected chi connectivity index (χ3v) is 6.23. The molecule has 3 heterocycles. The number of carbonyl (C=O) groups excluding carboxylic acids is 1. The molecule has 0 radical (unpaired) electrons. The predicted molar refractivity (Wildman–Crippen MR) is 113 cm³/mol. The van der Waals surface area contributed by atoms with Gasteiger partial charge in [-0.05, 0) is 52.2 Å². The second-order valence-corrected chi connectivity index (χ2v) is 8.83. The second-order valence-electron chi connectivity index (χ2n) is 7.75. The molecule has 0 bridgehead atoms. The molecule has 28 heavy (non-hydrogen) atoms. The molecule has 1 aliphatic rings. The van der Waals surface area contributed by atoms with Crippen molar-refractivity contribution in [2.75, 3.05) is 0 Å². The predicted octanol–water partition coefficient (Wildman–Crippen LogP) is 4.97. The summed E-state index contributed by atoms with van der Waals surface area (Å²) in [7, 11) is 0. The average Bonchev–Trinajstić information content (AvgIpc) is 3.23. The van der Waals surface area contributed by atoms with E-state index in [4.69, 9.17) is 10.1 Å². The minimum atomic E-state index is 0.249. The summed E-state index contributed by atoms with van der Waals surface area (Å²) < 4.78 is 2.12. The van der Waals surface area contributed by atoms with Crippen molar-refractivity contribution in [2.45, 2.75) is 65.8 Å². The van der Waals surface area contributed by atoms with Crippen LogP contribution >= 0.6 is 11.3 Å². The lowest BCUT2D eigenvalue weighted by Crippen LogP contribution is -2.09. The van der Waals surface area contributed by atoms with Crippen LogP contribution in [-0.2, 0) is 24.1 Å². The molecule has 6 heteroatoms. The molecule has 3 aromatic heterocycles. The number of thiazole rings is 1. The molecule has 5 nitrogen and oxygen atoms in total. The number of nitrogens with zero attached hydrogens (tertiary/aromatic N) is 4. The van der Waals surface area contributed by atoms with Gasteiger partial charge >= 0.3 is 0 Å². The van der Waals surface area contributed by atoms with E-state index in [1.165, 1.54) is 16.1 Å². The second kappa shape index (κ2) is 7.59. The van der Waals surface area contributed by atoms with Gasteiger partial charge in [0, 0.05) is 35.5 Å². The van der Waals surface area contributed by atoms with E-state index in [0.29, 0.717) is 12.8 Å². The third kappa shape index (κ3) is 3.41. The van der Waals surface area contributed by atoms with Crippen molar-refractivity contribution in [3.8, 4) is 21.8 Å². The third-order valence-electron chi connectivity index (χ3n) is 5.13. The number of aryl methyl sites for hydroxylation is 2. The summed E-state index contributed by atoms with van der Waals surface area (Å²) in [5, 5.41) is 5.91. The standard InChI is InChI=1S/C22H26N4OS/c1-5-6-16(27)11-19-24-18-10-9-17-20(15-8-7-14(4)23-12-15)25-26(13(2)3)21(17)22(18)28-19/h7-8,12-13H,5-6,9-11H2,1-4H3. The van der Waals surface area contributed by atoms with Gasteiger partial charge in [-0.15, -0.1) is 11.3 Å². The van der Waals surface area contributed by atoms with Crippen molar-refractivity contribution in [2.24, 2.45) is 0 Å². The molecule has 0 amide bonds. The lowest BCUT2D eigenvalue weighted by Gasteiger charge is -2.16. The zero-order chi connectivity index (χ0) is 19.8. The first-order chi connectivity index (χ1) is 13.5. The molecule has 0 aromatic carbocycles. The highest BCUT2D eigenvalue weighted by Crippen LogP contribution is 2.43. The van der Waals surface area contributed by atoms with Gasteiger partial charge in [0.25, 0.3) is 0 Å². The van der Waals surface area contributed by atoms with Crippen LogP contribution in [0.15, 0.2) is 18.3 Å². The molecule has 3 aromatic rings. The Morgan fingerprint density at radius 2 is 2.11 bits per heavy atom. The van der Waals surface area contributed by atoms with Crippen molar-refractivity contribution < 1.29 is 4.79 Å². The summed E-state index contributed by atoms with van der Waals surface area (Å²) in [5.74, 6) is 0.276. The Hall–Kier alpha value is -2.34. The van der Waals surface area contributed by atoms with E-state index in [1.807, 2.05) is 26.1 Å². The topological polar surface area (TPSA) is 60.7 Å². The number of rotatable bonds is 6. The van der Waals surface area contributed by atoms with Crippen LogP contribution in [0.3, 0.4) is 0 Å². The number of pyridine rings is 1. The van der Waals surface area contributed by atoms with Gasteiger partial charge in [-0.25, -0.2) is 4.98 Å². The average molecular weight is 395 g/mol. The van der Waals surface area contributed by atoms with Crippen molar-refractivity contribution in [3.63, 3.8) is 0 Å². The maximum absolute atomic E-state index is 12.1. The summed E-state index contributed by atoms with van der Waals surface area (Å²) >= 11 is 1.67. The van der Waals surface area contributed by atoms with E-state index in [2.05, 4.69) is 29.6 Å². The Morgan fingerprint density at radius 3 is 2.79 bits per heavy atom. The van der Waals surface area contributed by atoms with Crippen LogP contribution in [-0.4, -0.2) is 25.5 Å². The van der Waals surface area contributed by atoms with E-state index in [9.17, 15) is 4.79 Å². The fourth-order valence-electron chi connectivity index (χ4n) is 3.77. The first kappa shape index (κ1) is 19.0. The monoisotopic (exact) mass is 394 g/mol. The molecule has 4 rings (SSSR count). The van der Waals surface area contributed by atoms with Crippen molar-refractivity contribution in [1.29, 1.82) is 0 Å². The van der Waals surface area contributed by atoms with E-state index in [0.717, 1.165) is 46.9 Å². The quantitative estimate of drug-likeness (QED) is 0.592. The molecule has 0 spiro atoms. The summed E-state index contributed by atoms with van der Waals surface area (Å²) in [6, 6.07) is 4.39. The summed E-state index contributed by atoms with van der Waals surface area (Å²) in [4.78, 5) is 22.6. The molecule has 146 valence electrons. The summed E-state index contributed by atoms with van der Waals surface area (Å²) in [6.45, 7) is 8.35. The van der Waals surface area contributed by atoms with E-state index >= 15 is 0 Å². The molecule has 0 fully saturated rings. The highest BCUT2D eigenvalue weighted by molar-refractivity contribution is 7.15. The normalized spacial score (nSPS) is 12.9. The van der Waals surface area contributed by atoms with Crippen LogP contribution in [0.2, 0.25) is 0 Å². The van der Waals surface area contributed by atoms with Gasteiger partial charge in [0.1, 0.15) is 10.8 Å². The first-order valence-electron chi connectivity index (χ1n) is 10.0. The van der Waals surface area contributed by atoms with Crippen LogP contribution in [0.1, 0.15) is 61.6 Å². The van der Waals surface area contributed by atoms with Gasteiger partial charge in [0.2, 0.25) is 0 Å². The largest absolute Gasteiger partial charge is 0.299 e. The number of aromatic nitrogens is 4. The fraction of sp³-hybridized carbons (Fsp3) is 0.455. The Balaban J connectivity index is 1.79. The number of fused-ring (bicyclic) bond motifs is 3. The van der Waals surface area contributed by atoms with Crippen LogP contribution in [0.25, 0.3) is 21.8 Å². The number of Topliss-reactive ketones (excluding diaryl/α,β-unsaturated/α-hetero) is 1. The molecule has 0 atom stereocenters. The lowest BCUT2D eigenvalue weighted by molar-refractivity contribution is -0.118. The Morgan fingerprint density at radius 1 is 1.29 bits per heavy atom. The van der Waals surface area contributed by atoms with Crippen molar-refractivity contribution in [3.05, 3.63) is 40.3 Å². The zero-order valence-electron chi connectivity index (χ0n) is 17.0. The molecule has 0 unspecified atom stereocenters. The van der Waals surface area contributed by atoms with Gasteiger partial charge in [0.15, 0.2) is 0 Å². The first-order valence-corrected chi connectivity index (χ1v) is 10.8. The molecule has 1 aliphatic carbocycles. The molecule has 0 aliphatic heterocycles.